The number of benzene rings is 1. The number of carbonyl (C=O) groups excluding carboxylic acids is 2. The van der Waals surface area contributed by atoms with Crippen molar-refractivity contribution >= 4 is 11.8 Å². The second-order valence-corrected chi connectivity index (χ2v) is 10.1. The predicted molar refractivity (Wildman–Crippen MR) is 138 cm³/mol. The largest absolute Gasteiger partial charge is 0.490 e. The van der Waals surface area contributed by atoms with E-state index in [1.165, 1.54) is 0 Å². The lowest BCUT2D eigenvalue weighted by atomic mass is 9.91. The van der Waals surface area contributed by atoms with Gasteiger partial charge in [-0.15, -0.1) is 0 Å². The first kappa shape index (κ1) is 29.7. The molecule has 3 heterocycles. The monoisotopic (exact) mass is 565 g/mol. The molecule has 0 aliphatic carbocycles. The summed E-state index contributed by atoms with van der Waals surface area (Å²) in [6.45, 7) is -0.462. The molecule has 4 rings (SSSR count). The molecule has 1 aromatic heterocycles. The molecule has 2 aromatic rings. The standard InChI is InChI=1S/C27H34F3N5O5/c28-27(29,30)16-33-26(39)21-13-32-8-9-35(21)14-19(36)11-18(10-17-4-3-7-31-12-17)25(38)34-24-20-5-1-2-6-23(20)40-15-22(24)37/h1-7,12,18-19,21-22,24,32,36-37H,8-11,13-16H2,(H,33,39)(H,34,38)/t18-,19+,21+,22-,24+/m1/s1. The number of carbonyl (C=O) groups is 2. The summed E-state index contributed by atoms with van der Waals surface area (Å²) in [6, 6.07) is 9.05. The molecule has 0 radical (unpaired) electrons. The van der Waals surface area contributed by atoms with Crippen LogP contribution in [0.25, 0.3) is 0 Å². The van der Waals surface area contributed by atoms with Crippen LogP contribution in [0, 0.1) is 5.92 Å². The van der Waals surface area contributed by atoms with E-state index in [1.54, 1.807) is 47.6 Å². The van der Waals surface area contributed by atoms with Crippen molar-refractivity contribution in [3.05, 3.63) is 59.9 Å². The molecule has 0 bridgehead atoms. The van der Waals surface area contributed by atoms with Gasteiger partial charge < -0.3 is 30.9 Å². The Morgan fingerprint density at radius 2 is 2.02 bits per heavy atom. The fourth-order valence-corrected chi connectivity index (χ4v) is 5.08. The molecule has 13 heteroatoms. The van der Waals surface area contributed by atoms with E-state index in [1.807, 2.05) is 11.4 Å². The van der Waals surface area contributed by atoms with Crippen LogP contribution in [0.3, 0.4) is 0 Å². The van der Waals surface area contributed by atoms with Gasteiger partial charge in [-0.2, -0.15) is 13.2 Å². The molecule has 40 heavy (non-hydrogen) atoms. The van der Waals surface area contributed by atoms with Crippen LogP contribution >= 0.6 is 0 Å². The number of amides is 2. The lowest BCUT2D eigenvalue weighted by molar-refractivity contribution is -0.142. The molecule has 1 saturated heterocycles. The number of para-hydroxylation sites is 1. The molecule has 218 valence electrons. The van der Waals surface area contributed by atoms with Gasteiger partial charge in [-0.25, -0.2) is 0 Å². The number of halogens is 3. The Bertz CT molecular complexity index is 1140. The quantitative estimate of drug-likeness (QED) is 0.282. The van der Waals surface area contributed by atoms with Crippen LogP contribution < -0.4 is 20.7 Å². The zero-order chi connectivity index (χ0) is 28.7. The van der Waals surface area contributed by atoms with Crippen molar-refractivity contribution in [1.82, 2.24) is 25.8 Å². The lowest BCUT2D eigenvalue weighted by Crippen LogP contribution is -2.60. The van der Waals surface area contributed by atoms with Gasteiger partial charge in [0.15, 0.2) is 0 Å². The molecule has 5 N–H and O–H groups in total. The first-order chi connectivity index (χ1) is 19.1. The number of nitrogens with one attached hydrogen (secondary N) is 3. The Labute approximate surface area is 229 Å². The minimum Gasteiger partial charge on any atom is -0.490 e. The minimum absolute atomic E-state index is 0.00860. The van der Waals surface area contributed by atoms with Crippen LogP contribution in [0.1, 0.15) is 23.6 Å². The first-order valence-corrected chi connectivity index (χ1v) is 13.2. The number of aliphatic hydroxyl groups is 2. The van der Waals surface area contributed by atoms with Crippen molar-refractivity contribution in [1.29, 1.82) is 0 Å². The van der Waals surface area contributed by atoms with Crippen LogP contribution in [0.5, 0.6) is 5.75 Å². The summed E-state index contributed by atoms with van der Waals surface area (Å²) >= 11 is 0. The van der Waals surface area contributed by atoms with Crippen LogP contribution in [0.4, 0.5) is 13.2 Å². The van der Waals surface area contributed by atoms with Gasteiger partial charge in [0.1, 0.15) is 31.0 Å². The Morgan fingerprint density at radius 1 is 1.23 bits per heavy atom. The number of fused-ring (bicyclic) bond motifs is 1. The highest BCUT2D eigenvalue weighted by Gasteiger charge is 2.36. The van der Waals surface area contributed by atoms with E-state index in [-0.39, 0.29) is 38.4 Å². The third-order valence-electron chi connectivity index (χ3n) is 7.04. The maximum atomic E-state index is 13.6. The van der Waals surface area contributed by atoms with Crippen molar-refractivity contribution in [3.8, 4) is 5.75 Å². The highest BCUT2D eigenvalue weighted by molar-refractivity contribution is 5.82. The Kier molecular flexibility index (Phi) is 9.95. The molecule has 2 aliphatic heterocycles. The number of rotatable bonds is 10. The molecular formula is C27H34F3N5O5. The van der Waals surface area contributed by atoms with Gasteiger partial charge in [0.2, 0.25) is 11.8 Å². The first-order valence-electron chi connectivity index (χ1n) is 13.2. The van der Waals surface area contributed by atoms with Crippen molar-refractivity contribution in [2.24, 2.45) is 5.92 Å². The van der Waals surface area contributed by atoms with E-state index in [4.69, 9.17) is 4.74 Å². The SMILES string of the molecule is O=C(N[C@H]1c2ccccc2OC[C@H]1O)[C@H](Cc1cccnc1)C[C@H](O)CN1CCNC[C@H]1C(=O)NCC(F)(F)F. The maximum Gasteiger partial charge on any atom is 0.405 e. The van der Waals surface area contributed by atoms with Gasteiger partial charge in [0, 0.05) is 50.1 Å². The van der Waals surface area contributed by atoms with Gasteiger partial charge in [0.25, 0.3) is 0 Å². The highest BCUT2D eigenvalue weighted by Crippen LogP contribution is 2.32. The molecule has 0 unspecified atom stereocenters. The third-order valence-corrected chi connectivity index (χ3v) is 7.04. The summed E-state index contributed by atoms with van der Waals surface area (Å²) in [7, 11) is 0. The summed E-state index contributed by atoms with van der Waals surface area (Å²) in [5.41, 5.74) is 1.41. The fraction of sp³-hybridized carbons (Fsp3) is 0.519. The molecule has 5 atom stereocenters. The summed E-state index contributed by atoms with van der Waals surface area (Å²) in [4.78, 5) is 31.8. The van der Waals surface area contributed by atoms with E-state index in [9.17, 15) is 33.0 Å². The average molecular weight is 566 g/mol. The van der Waals surface area contributed by atoms with E-state index in [0.29, 0.717) is 24.4 Å². The van der Waals surface area contributed by atoms with Gasteiger partial charge in [-0.1, -0.05) is 24.3 Å². The van der Waals surface area contributed by atoms with Crippen molar-refractivity contribution in [2.75, 3.05) is 39.3 Å². The second kappa shape index (κ2) is 13.4. The van der Waals surface area contributed by atoms with Crippen LogP contribution in [0.2, 0.25) is 0 Å². The number of piperazine rings is 1. The van der Waals surface area contributed by atoms with E-state index in [0.717, 1.165) is 5.56 Å². The number of aliphatic hydroxyl groups excluding tert-OH is 2. The number of aromatic nitrogens is 1. The van der Waals surface area contributed by atoms with Gasteiger partial charge in [0.05, 0.1) is 12.1 Å². The van der Waals surface area contributed by atoms with Crippen LogP contribution in [-0.4, -0.2) is 95.7 Å². The third kappa shape index (κ3) is 8.13. The summed E-state index contributed by atoms with van der Waals surface area (Å²) in [5.74, 6) is -1.32. The van der Waals surface area contributed by atoms with Gasteiger partial charge >= 0.3 is 6.18 Å². The van der Waals surface area contributed by atoms with E-state index in [2.05, 4.69) is 15.6 Å². The molecule has 2 amide bonds. The number of nitrogens with zero attached hydrogens (tertiary/aromatic N) is 2. The van der Waals surface area contributed by atoms with Gasteiger partial charge in [-0.3, -0.25) is 19.5 Å². The molecule has 2 aliphatic rings. The van der Waals surface area contributed by atoms with Gasteiger partial charge in [-0.05, 0) is 30.5 Å². The fourth-order valence-electron chi connectivity index (χ4n) is 5.08. The molecule has 0 spiro atoms. The van der Waals surface area contributed by atoms with Crippen molar-refractivity contribution in [3.63, 3.8) is 0 Å². The minimum atomic E-state index is -4.53. The maximum absolute atomic E-state index is 13.6. The molecule has 1 aromatic carbocycles. The number of ether oxygens (including phenoxy) is 1. The molecule has 0 saturated carbocycles. The molecule has 1 fully saturated rings. The van der Waals surface area contributed by atoms with E-state index < -0.39 is 48.8 Å². The zero-order valence-electron chi connectivity index (χ0n) is 21.8. The summed E-state index contributed by atoms with van der Waals surface area (Å²) in [6.07, 6.45) is -3.06. The number of β-amino-alcohol motifs (C(OH)–C–C–N with tert-alkyl or cyclic N) is 1. The smallest absolute Gasteiger partial charge is 0.405 e. The van der Waals surface area contributed by atoms with Crippen molar-refractivity contribution in [2.45, 2.75) is 43.3 Å². The number of hydrogen-bond donors (Lipinski definition) is 5. The Hall–Kier alpha value is -3.26. The second-order valence-electron chi connectivity index (χ2n) is 10.1. The van der Waals surface area contributed by atoms with Crippen LogP contribution in [-0.2, 0) is 16.0 Å². The average Bonchev–Trinajstić information content (AvgIpc) is 2.93. The van der Waals surface area contributed by atoms with Crippen molar-refractivity contribution < 1.29 is 37.7 Å². The zero-order valence-corrected chi connectivity index (χ0v) is 21.8. The van der Waals surface area contributed by atoms with Crippen LogP contribution in [0.15, 0.2) is 48.8 Å². The summed E-state index contributed by atoms with van der Waals surface area (Å²) in [5, 5.41) is 29.4. The molecular weight excluding hydrogens is 531 g/mol. The van der Waals surface area contributed by atoms with E-state index >= 15 is 0 Å². The highest BCUT2D eigenvalue weighted by atomic mass is 19.4. The number of hydrogen-bond acceptors (Lipinski definition) is 8. The predicted octanol–water partition coefficient (Wildman–Crippen LogP) is 0.554. The topological polar surface area (TPSA) is 136 Å². The number of alkyl halides is 3. The normalized spacial score (nSPS) is 22.9. The lowest BCUT2D eigenvalue weighted by Gasteiger charge is -2.37. The number of pyridine rings is 1. The molecule has 10 nitrogen and oxygen atoms in total. The Morgan fingerprint density at radius 3 is 2.77 bits per heavy atom. The Balaban J connectivity index is 1.45. The summed E-state index contributed by atoms with van der Waals surface area (Å²) < 4.78 is 43.4.